The molecule has 0 saturated heterocycles. The molecule has 202 valence electrons. The van der Waals surface area contributed by atoms with E-state index in [0.717, 1.165) is 55.0 Å². The number of aromatic carboxylic acids is 1. The van der Waals surface area contributed by atoms with Gasteiger partial charge in [0.2, 0.25) is 0 Å². The van der Waals surface area contributed by atoms with E-state index >= 15 is 0 Å². The van der Waals surface area contributed by atoms with E-state index in [1.807, 2.05) is 24.3 Å². The minimum Gasteiger partial charge on any atom is -0.508 e. The minimum atomic E-state index is -0.937. The fraction of sp³-hybridized carbons (Fsp3) is 0.345. The van der Waals surface area contributed by atoms with Crippen LogP contribution >= 0.6 is 0 Å². The molecule has 38 heavy (non-hydrogen) atoms. The molecule has 0 saturated carbocycles. The summed E-state index contributed by atoms with van der Waals surface area (Å²) in [5.74, 6) is -0.210. The molecule has 9 nitrogen and oxygen atoms in total. The van der Waals surface area contributed by atoms with Gasteiger partial charge in [-0.1, -0.05) is 43.5 Å². The highest BCUT2D eigenvalue weighted by Crippen LogP contribution is 2.31. The zero-order valence-electron chi connectivity index (χ0n) is 21.4. The quantitative estimate of drug-likeness (QED) is 0.124. The van der Waals surface area contributed by atoms with Crippen LogP contribution in [0.2, 0.25) is 0 Å². The summed E-state index contributed by atoms with van der Waals surface area (Å²) < 4.78 is 17.1. The van der Waals surface area contributed by atoms with Gasteiger partial charge in [-0.25, -0.2) is 4.79 Å². The van der Waals surface area contributed by atoms with Crippen molar-refractivity contribution >= 4 is 11.7 Å². The number of phenolic OH excluding ortho intramolecular Hbond substituents is 1. The van der Waals surface area contributed by atoms with E-state index in [9.17, 15) is 20.0 Å². The first-order chi connectivity index (χ1) is 18.3. The van der Waals surface area contributed by atoms with E-state index < -0.39 is 10.9 Å². The molecule has 0 amide bonds. The van der Waals surface area contributed by atoms with Crippen molar-refractivity contribution in [2.75, 3.05) is 19.8 Å². The van der Waals surface area contributed by atoms with Gasteiger partial charge in [0.05, 0.1) is 29.8 Å². The van der Waals surface area contributed by atoms with Gasteiger partial charge < -0.3 is 24.4 Å². The van der Waals surface area contributed by atoms with Gasteiger partial charge in [-0.3, -0.25) is 10.1 Å². The van der Waals surface area contributed by atoms with Gasteiger partial charge in [0.25, 0.3) is 0 Å². The first kappa shape index (κ1) is 28.5. The van der Waals surface area contributed by atoms with E-state index in [2.05, 4.69) is 0 Å². The lowest BCUT2D eigenvalue weighted by Gasteiger charge is -2.15. The summed E-state index contributed by atoms with van der Waals surface area (Å²) in [6.07, 6.45) is 4.68. The number of benzene rings is 3. The second kappa shape index (κ2) is 14.6. The van der Waals surface area contributed by atoms with Crippen molar-refractivity contribution in [2.45, 2.75) is 45.1 Å². The van der Waals surface area contributed by atoms with Crippen molar-refractivity contribution in [2.24, 2.45) is 0 Å². The Morgan fingerprint density at radius 1 is 0.895 bits per heavy atom. The number of hydrogen-bond acceptors (Lipinski definition) is 7. The maximum Gasteiger partial charge on any atom is 0.335 e. The predicted molar refractivity (Wildman–Crippen MR) is 143 cm³/mol. The summed E-state index contributed by atoms with van der Waals surface area (Å²) in [5.41, 5.74) is 1.94. The molecule has 0 aliphatic carbocycles. The van der Waals surface area contributed by atoms with Crippen LogP contribution in [-0.4, -0.2) is 47.0 Å². The van der Waals surface area contributed by atoms with Gasteiger partial charge in [0.15, 0.2) is 5.75 Å². The minimum absolute atomic E-state index is 0.106. The lowest BCUT2D eigenvalue weighted by atomic mass is 10.0. The Labute approximate surface area is 221 Å². The molecule has 0 unspecified atom stereocenters. The highest BCUT2D eigenvalue weighted by Gasteiger charge is 2.18. The molecule has 3 aromatic rings. The molecule has 0 heterocycles. The molecule has 0 bridgehead atoms. The number of carbonyl (C=O) groups is 1. The normalized spacial score (nSPS) is 11.6. The predicted octanol–water partition coefficient (Wildman–Crippen LogP) is 6.48. The van der Waals surface area contributed by atoms with Crippen molar-refractivity contribution in [1.82, 2.24) is 0 Å². The van der Waals surface area contributed by atoms with Crippen LogP contribution in [0, 0.1) is 10.1 Å². The van der Waals surface area contributed by atoms with Crippen LogP contribution in [0.25, 0.3) is 11.1 Å². The number of nitro benzene ring substituents is 1. The molecule has 3 rings (SSSR count). The van der Waals surface area contributed by atoms with Crippen LogP contribution in [-0.2, 0) is 4.74 Å². The van der Waals surface area contributed by atoms with Gasteiger partial charge in [-0.2, -0.15) is 0 Å². The summed E-state index contributed by atoms with van der Waals surface area (Å²) in [7, 11) is 0. The Hall–Kier alpha value is -4.11. The molecule has 0 aromatic heterocycles. The van der Waals surface area contributed by atoms with Crippen molar-refractivity contribution in [3.63, 3.8) is 0 Å². The number of aromatic hydroxyl groups is 1. The van der Waals surface area contributed by atoms with E-state index in [1.165, 1.54) is 12.1 Å². The molecule has 0 radical (unpaired) electrons. The summed E-state index contributed by atoms with van der Waals surface area (Å²) in [5, 5.41) is 29.5. The van der Waals surface area contributed by atoms with Crippen LogP contribution in [0.15, 0.2) is 66.7 Å². The largest absolute Gasteiger partial charge is 0.508 e. The van der Waals surface area contributed by atoms with Crippen LogP contribution in [0.1, 0.15) is 49.4 Å². The van der Waals surface area contributed by atoms with E-state index in [4.69, 9.17) is 19.3 Å². The van der Waals surface area contributed by atoms with Crippen LogP contribution in [0.5, 0.6) is 17.2 Å². The molecule has 1 atom stereocenters. The Kier molecular flexibility index (Phi) is 10.9. The smallest absolute Gasteiger partial charge is 0.335 e. The average Bonchev–Trinajstić information content (AvgIpc) is 2.91. The number of nitro groups is 1. The molecule has 0 fully saturated rings. The van der Waals surface area contributed by atoms with E-state index in [1.54, 1.807) is 31.2 Å². The first-order valence-corrected chi connectivity index (χ1v) is 12.6. The molecular weight excluding hydrogens is 490 g/mol. The maximum atomic E-state index is 11.1. The number of nitrogens with zero attached hydrogens (tertiary/aromatic N) is 1. The number of hydrogen-bond donors (Lipinski definition) is 2. The molecule has 0 aliphatic rings. The fourth-order valence-electron chi connectivity index (χ4n) is 3.82. The Morgan fingerprint density at radius 2 is 1.50 bits per heavy atom. The van der Waals surface area contributed by atoms with Gasteiger partial charge >= 0.3 is 11.7 Å². The van der Waals surface area contributed by atoms with Gasteiger partial charge in [-0.15, -0.1) is 0 Å². The van der Waals surface area contributed by atoms with Crippen LogP contribution < -0.4 is 9.47 Å². The number of carboxylic acids is 1. The fourth-order valence-corrected chi connectivity index (χ4v) is 3.82. The highest BCUT2D eigenvalue weighted by molar-refractivity contribution is 5.88. The zero-order valence-corrected chi connectivity index (χ0v) is 21.4. The van der Waals surface area contributed by atoms with Gasteiger partial charge in [0.1, 0.15) is 17.6 Å². The summed E-state index contributed by atoms with van der Waals surface area (Å²) in [4.78, 5) is 21.5. The van der Waals surface area contributed by atoms with Crippen LogP contribution in [0.3, 0.4) is 0 Å². The second-order valence-electron chi connectivity index (χ2n) is 8.94. The topological polar surface area (TPSA) is 128 Å². The van der Waals surface area contributed by atoms with Crippen molar-refractivity contribution in [1.29, 1.82) is 0 Å². The number of rotatable bonds is 16. The summed E-state index contributed by atoms with van der Waals surface area (Å²) in [6, 6.07) is 18.3. The van der Waals surface area contributed by atoms with Crippen molar-refractivity contribution in [3.8, 4) is 28.4 Å². The van der Waals surface area contributed by atoms with Gasteiger partial charge in [-0.05, 0) is 67.3 Å². The number of carboxylic acid groups (broad SMARTS) is 1. The maximum absolute atomic E-state index is 11.1. The van der Waals surface area contributed by atoms with E-state index in [0.29, 0.717) is 19.8 Å². The number of unbranched alkanes of at least 4 members (excludes halogenated alkanes) is 4. The van der Waals surface area contributed by atoms with E-state index in [-0.39, 0.29) is 28.9 Å². The SMILES string of the molecule is C[C@H](COCCCCCCCOc1ccc(-c2ccc(C(=O)O)cc2)cc1)Oc1ccc(O)cc1[N+](=O)[O-]. The summed E-state index contributed by atoms with van der Waals surface area (Å²) >= 11 is 0. The van der Waals surface area contributed by atoms with Crippen molar-refractivity contribution < 1.29 is 34.1 Å². The third-order valence-corrected chi connectivity index (χ3v) is 5.84. The average molecular weight is 524 g/mol. The third kappa shape index (κ3) is 9.08. The molecule has 2 N–H and O–H groups in total. The third-order valence-electron chi connectivity index (χ3n) is 5.84. The lowest BCUT2D eigenvalue weighted by molar-refractivity contribution is -0.386. The summed E-state index contributed by atoms with van der Waals surface area (Å²) in [6.45, 7) is 3.33. The van der Waals surface area contributed by atoms with Gasteiger partial charge in [0, 0.05) is 6.61 Å². The van der Waals surface area contributed by atoms with Crippen molar-refractivity contribution in [3.05, 3.63) is 82.4 Å². The Bertz CT molecular complexity index is 1180. The second-order valence-corrected chi connectivity index (χ2v) is 8.94. The highest BCUT2D eigenvalue weighted by atomic mass is 16.6. The Balaban J connectivity index is 1.23. The molecular formula is C29H33NO8. The molecule has 0 spiro atoms. The monoisotopic (exact) mass is 523 g/mol. The van der Waals surface area contributed by atoms with Crippen LogP contribution in [0.4, 0.5) is 5.69 Å². The molecule has 9 heteroatoms. The first-order valence-electron chi connectivity index (χ1n) is 12.6. The standard InChI is InChI=1S/C29H33NO8/c1-21(38-28-16-13-25(31)19-27(28)30(34)35)20-36-17-5-3-2-4-6-18-37-26-14-11-23(12-15-26)22-7-9-24(10-8-22)29(32)33/h7-16,19,21,31H,2-6,17-18,20H2,1H3,(H,32,33)/t21-/m1/s1. The molecule has 0 aliphatic heterocycles. The Morgan fingerprint density at radius 3 is 2.13 bits per heavy atom. The zero-order chi connectivity index (χ0) is 27.3. The number of phenols is 1. The number of ether oxygens (including phenoxy) is 3. The lowest BCUT2D eigenvalue weighted by Crippen LogP contribution is -2.20. The molecule has 3 aromatic carbocycles.